The van der Waals surface area contributed by atoms with Gasteiger partial charge in [-0.15, -0.1) is 0 Å². The Hall–Kier alpha value is -2.41. The third-order valence-electron chi connectivity index (χ3n) is 2.47. The van der Waals surface area contributed by atoms with Crippen molar-refractivity contribution in [1.29, 1.82) is 5.26 Å². The maximum absolute atomic E-state index is 9.02. The van der Waals surface area contributed by atoms with Crippen LogP contribution in [0.3, 0.4) is 0 Å². The maximum Gasteiger partial charge on any atom is 0.101 e. The highest BCUT2D eigenvalue weighted by Gasteiger charge is 2.04. The lowest BCUT2D eigenvalue weighted by molar-refractivity contribution is 0.923. The fourth-order valence-corrected chi connectivity index (χ4v) is 1.60. The van der Waals surface area contributed by atoms with Crippen molar-refractivity contribution in [1.82, 2.24) is 10.2 Å². The SMILES string of the molecule is Cc1cccc(C#N)c1NCc1cccnn1. The summed E-state index contributed by atoms with van der Waals surface area (Å²) in [5.74, 6) is 0. The highest BCUT2D eigenvalue weighted by Crippen LogP contribution is 2.19. The molecule has 0 amide bonds. The van der Waals surface area contributed by atoms with Crippen LogP contribution in [0.5, 0.6) is 0 Å². The summed E-state index contributed by atoms with van der Waals surface area (Å²) in [6, 6.07) is 11.6. The molecule has 0 fully saturated rings. The van der Waals surface area contributed by atoms with Gasteiger partial charge in [-0.05, 0) is 30.7 Å². The standard InChI is InChI=1S/C13H12N4/c1-10-4-2-5-11(8-14)13(10)15-9-12-6-3-7-16-17-12/h2-7,15H,9H2,1H3. The molecule has 1 aromatic heterocycles. The molecule has 0 aliphatic rings. The highest BCUT2D eigenvalue weighted by atomic mass is 15.1. The third kappa shape index (κ3) is 2.58. The molecule has 84 valence electrons. The number of aryl methyl sites for hydroxylation is 1. The molecule has 0 bridgehead atoms. The van der Waals surface area contributed by atoms with Crippen LogP contribution in [0.25, 0.3) is 0 Å². The van der Waals surface area contributed by atoms with E-state index in [1.54, 1.807) is 12.3 Å². The van der Waals surface area contributed by atoms with Gasteiger partial charge in [-0.25, -0.2) is 0 Å². The van der Waals surface area contributed by atoms with E-state index in [1.165, 1.54) is 0 Å². The van der Waals surface area contributed by atoms with Gasteiger partial charge in [0.2, 0.25) is 0 Å². The Bertz CT molecular complexity index is 543. The Morgan fingerprint density at radius 3 is 2.88 bits per heavy atom. The van der Waals surface area contributed by atoms with E-state index in [0.717, 1.165) is 16.9 Å². The Morgan fingerprint density at radius 1 is 1.29 bits per heavy atom. The van der Waals surface area contributed by atoms with Crippen LogP contribution in [-0.2, 0) is 6.54 Å². The summed E-state index contributed by atoms with van der Waals surface area (Å²) >= 11 is 0. The molecule has 2 aromatic rings. The van der Waals surface area contributed by atoms with Gasteiger partial charge in [0.15, 0.2) is 0 Å². The van der Waals surface area contributed by atoms with Crippen molar-refractivity contribution >= 4 is 5.69 Å². The van der Waals surface area contributed by atoms with E-state index < -0.39 is 0 Å². The Kier molecular flexibility index (Phi) is 3.31. The zero-order valence-corrected chi connectivity index (χ0v) is 9.51. The lowest BCUT2D eigenvalue weighted by atomic mass is 10.1. The molecular formula is C13H12N4. The number of nitrogens with one attached hydrogen (secondary N) is 1. The summed E-state index contributed by atoms with van der Waals surface area (Å²) < 4.78 is 0. The van der Waals surface area contributed by atoms with Crippen LogP contribution in [0.15, 0.2) is 36.5 Å². The number of hydrogen-bond acceptors (Lipinski definition) is 4. The molecule has 4 nitrogen and oxygen atoms in total. The lowest BCUT2D eigenvalue weighted by Gasteiger charge is -2.10. The van der Waals surface area contributed by atoms with Crippen molar-refractivity contribution in [2.75, 3.05) is 5.32 Å². The quantitative estimate of drug-likeness (QED) is 0.868. The second-order valence-corrected chi connectivity index (χ2v) is 3.68. The molecule has 0 aliphatic heterocycles. The molecular weight excluding hydrogens is 212 g/mol. The second kappa shape index (κ2) is 5.08. The molecule has 4 heteroatoms. The van der Waals surface area contributed by atoms with E-state index in [2.05, 4.69) is 21.6 Å². The number of hydrogen-bond donors (Lipinski definition) is 1. The first-order chi connectivity index (χ1) is 8.31. The molecule has 0 saturated heterocycles. The van der Waals surface area contributed by atoms with E-state index in [9.17, 15) is 0 Å². The number of para-hydroxylation sites is 1. The Balaban J connectivity index is 2.17. The van der Waals surface area contributed by atoms with Gasteiger partial charge in [0, 0.05) is 6.20 Å². The van der Waals surface area contributed by atoms with Gasteiger partial charge in [0.05, 0.1) is 23.5 Å². The van der Waals surface area contributed by atoms with Crippen molar-refractivity contribution in [2.45, 2.75) is 13.5 Å². The summed E-state index contributed by atoms with van der Waals surface area (Å²) in [7, 11) is 0. The van der Waals surface area contributed by atoms with Crippen LogP contribution in [-0.4, -0.2) is 10.2 Å². The average molecular weight is 224 g/mol. The topological polar surface area (TPSA) is 61.6 Å². The number of nitrogens with zero attached hydrogens (tertiary/aromatic N) is 3. The largest absolute Gasteiger partial charge is 0.378 e. The first-order valence-corrected chi connectivity index (χ1v) is 5.31. The number of nitriles is 1. The number of benzene rings is 1. The summed E-state index contributed by atoms with van der Waals surface area (Å²) in [4.78, 5) is 0. The minimum Gasteiger partial charge on any atom is -0.378 e. The molecule has 17 heavy (non-hydrogen) atoms. The lowest BCUT2D eigenvalue weighted by Crippen LogP contribution is -2.05. The van der Waals surface area contributed by atoms with Crippen LogP contribution in [0.2, 0.25) is 0 Å². The fraction of sp³-hybridized carbons (Fsp3) is 0.154. The van der Waals surface area contributed by atoms with Crippen molar-refractivity contribution < 1.29 is 0 Å². The van der Waals surface area contributed by atoms with Crippen LogP contribution >= 0.6 is 0 Å². The van der Waals surface area contributed by atoms with E-state index in [0.29, 0.717) is 12.1 Å². The zero-order valence-electron chi connectivity index (χ0n) is 9.51. The van der Waals surface area contributed by atoms with Gasteiger partial charge < -0.3 is 5.32 Å². The second-order valence-electron chi connectivity index (χ2n) is 3.68. The summed E-state index contributed by atoms with van der Waals surface area (Å²) in [6.45, 7) is 2.53. The fourth-order valence-electron chi connectivity index (χ4n) is 1.60. The molecule has 0 saturated carbocycles. The Labute approximate surface area is 99.9 Å². The van der Waals surface area contributed by atoms with Crippen LogP contribution in [0, 0.1) is 18.3 Å². The van der Waals surface area contributed by atoms with Crippen molar-refractivity contribution in [2.24, 2.45) is 0 Å². The summed E-state index contributed by atoms with van der Waals surface area (Å²) in [5.41, 5.74) is 3.40. The average Bonchev–Trinajstić information content (AvgIpc) is 2.38. The molecule has 2 rings (SSSR count). The maximum atomic E-state index is 9.02. The van der Waals surface area contributed by atoms with Gasteiger partial charge in [-0.2, -0.15) is 15.5 Å². The predicted octanol–water partition coefficient (Wildman–Crippen LogP) is 2.27. The highest BCUT2D eigenvalue weighted by molar-refractivity contribution is 5.62. The van der Waals surface area contributed by atoms with E-state index in [4.69, 9.17) is 5.26 Å². The van der Waals surface area contributed by atoms with Crippen LogP contribution < -0.4 is 5.32 Å². The van der Waals surface area contributed by atoms with Gasteiger partial charge in [0.25, 0.3) is 0 Å². The van der Waals surface area contributed by atoms with Gasteiger partial charge in [-0.1, -0.05) is 12.1 Å². The van der Waals surface area contributed by atoms with Crippen molar-refractivity contribution in [3.05, 3.63) is 53.3 Å². The monoisotopic (exact) mass is 224 g/mol. The van der Waals surface area contributed by atoms with Crippen LogP contribution in [0.4, 0.5) is 5.69 Å². The molecule has 1 aromatic carbocycles. The minimum absolute atomic E-state index is 0.563. The predicted molar refractivity (Wildman–Crippen MR) is 65.3 cm³/mol. The smallest absolute Gasteiger partial charge is 0.101 e. The first-order valence-electron chi connectivity index (χ1n) is 5.31. The van der Waals surface area contributed by atoms with E-state index in [-0.39, 0.29) is 0 Å². The molecule has 1 N–H and O–H groups in total. The molecule has 0 radical (unpaired) electrons. The Morgan fingerprint density at radius 2 is 2.18 bits per heavy atom. The van der Waals surface area contributed by atoms with Crippen LogP contribution in [0.1, 0.15) is 16.8 Å². The van der Waals surface area contributed by atoms with Gasteiger partial charge in [0.1, 0.15) is 6.07 Å². The molecule has 0 unspecified atom stereocenters. The zero-order chi connectivity index (χ0) is 12.1. The van der Waals surface area contributed by atoms with E-state index in [1.807, 2.05) is 31.2 Å². The van der Waals surface area contributed by atoms with Gasteiger partial charge in [-0.3, -0.25) is 0 Å². The third-order valence-corrected chi connectivity index (χ3v) is 2.47. The van der Waals surface area contributed by atoms with Gasteiger partial charge >= 0.3 is 0 Å². The number of aromatic nitrogens is 2. The summed E-state index contributed by atoms with van der Waals surface area (Å²) in [5, 5.41) is 20.0. The summed E-state index contributed by atoms with van der Waals surface area (Å²) in [6.07, 6.45) is 1.64. The number of anilines is 1. The molecule has 0 atom stereocenters. The normalized spacial score (nSPS) is 9.65. The van der Waals surface area contributed by atoms with E-state index >= 15 is 0 Å². The molecule has 0 aliphatic carbocycles. The number of rotatable bonds is 3. The van der Waals surface area contributed by atoms with Crippen molar-refractivity contribution in [3.8, 4) is 6.07 Å². The minimum atomic E-state index is 0.563. The molecule has 0 spiro atoms. The molecule has 1 heterocycles. The van der Waals surface area contributed by atoms with Crippen molar-refractivity contribution in [3.63, 3.8) is 0 Å². The first kappa shape index (κ1) is 11.1.